The Morgan fingerprint density at radius 2 is 1.58 bits per heavy atom. The van der Waals surface area contributed by atoms with Gasteiger partial charge in [0.1, 0.15) is 0 Å². The molecule has 1 fully saturated rings. The number of piperidine rings is 1. The smallest absolute Gasteiger partial charge is 0.328 e. The molecule has 1 saturated heterocycles. The summed E-state index contributed by atoms with van der Waals surface area (Å²) in [6.07, 6.45) is 3.04. The van der Waals surface area contributed by atoms with Gasteiger partial charge in [0.25, 0.3) is 5.91 Å². The Kier molecular flexibility index (Phi) is 10.8. The molecule has 4 N–H and O–H groups in total. The third-order valence-electron chi connectivity index (χ3n) is 5.75. The lowest BCUT2D eigenvalue weighted by atomic mass is 10.0. The summed E-state index contributed by atoms with van der Waals surface area (Å²) in [6, 6.07) is 10.9. The van der Waals surface area contributed by atoms with Crippen LogP contribution in [0, 0.1) is 13.8 Å². The SMILES string of the molecule is Cc1nc(OCC(=O)N(C)C2CCN(Cc3ccccc3)CC2)nc(C)c1N.O=C(O)C=CC(=O)O. The van der Waals surface area contributed by atoms with E-state index >= 15 is 0 Å². The van der Waals surface area contributed by atoms with Crippen LogP contribution in [0.15, 0.2) is 42.5 Å². The molecule has 11 heteroatoms. The highest BCUT2D eigenvalue weighted by molar-refractivity contribution is 5.89. The number of nitrogens with zero attached hydrogens (tertiary/aromatic N) is 4. The van der Waals surface area contributed by atoms with E-state index in [-0.39, 0.29) is 24.6 Å². The number of amides is 1. The molecule has 194 valence electrons. The predicted molar refractivity (Wildman–Crippen MR) is 133 cm³/mol. The Hall–Kier alpha value is -3.99. The Morgan fingerprint density at radius 1 is 1.06 bits per heavy atom. The van der Waals surface area contributed by atoms with Crippen LogP contribution in [0.5, 0.6) is 6.01 Å². The normalized spacial score (nSPS) is 14.1. The van der Waals surface area contributed by atoms with Crippen LogP contribution in [0.3, 0.4) is 0 Å². The average molecular weight is 500 g/mol. The molecule has 1 aromatic carbocycles. The van der Waals surface area contributed by atoms with E-state index in [2.05, 4.69) is 39.1 Å². The number of likely N-dealkylation sites (N-methyl/N-ethyl adjacent to an activating group) is 1. The van der Waals surface area contributed by atoms with Crippen LogP contribution < -0.4 is 10.5 Å². The first-order valence-corrected chi connectivity index (χ1v) is 11.5. The summed E-state index contributed by atoms with van der Waals surface area (Å²) in [5.74, 6) is -2.57. The number of nitrogen functional groups attached to an aromatic ring is 1. The Morgan fingerprint density at radius 3 is 2.08 bits per heavy atom. The van der Waals surface area contributed by atoms with Crippen molar-refractivity contribution in [1.29, 1.82) is 0 Å². The fourth-order valence-corrected chi connectivity index (χ4v) is 3.64. The number of aromatic nitrogens is 2. The van der Waals surface area contributed by atoms with Gasteiger partial charge in [-0.1, -0.05) is 30.3 Å². The fourth-order valence-electron chi connectivity index (χ4n) is 3.64. The maximum absolute atomic E-state index is 12.5. The van der Waals surface area contributed by atoms with Crippen molar-refractivity contribution >= 4 is 23.5 Å². The number of carbonyl (C=O) groups excluding carboxylic acids is 1. The molecule has 0 unspecified atom stereocenters. The molecule has 36 heavy (non-hydrogen) atoms. The minimum atomic E-state index is -1.26. The zero-order chi connectivity index (χ0) is 26.7. The van der Waals surface area contributed by atoms with Crippen LogP contribution in [0.25, 0.3) is 0 Å². The number of benzene rings is 1. The second-order valence-electron chi connectivity index (χ2n) is 8.39. The van der Waals surface area contributed by atoms with Crippen LogP contribution in [0.1, 0.15) is 29.8 Å². The number of aryl methyl sites for hydroxylation is 2. The summed E-state index contributed by atoms with van der Waals surface area (Å²) in [7, 11) is 1.85. The number of hydrogen-bond donors (Lipinski definition) is 3. The van der Waals surface area contributed by atoms with Crippen LogP contribution in [-0.4, -0.2) is 80.6 Å². The maximum Gasteiger partial charge on any atom is 0.328 e. The Balaban J connectivity index is 0.000000493. The number of carboxylic acid groups (broad SMARTS) is 2. The molecule has 0 spiro atoms. The second-order valence-corrected chi connectivity index (χ2v) is 8.39. The van der Waals surface area contributed by atoms with E-state index in [1.54, 1.807) is 18.7 Å². The van der Waals surface area contributed by atoms with Gasteiger partial charge in [-0.2, -0.15) is 9.97 Å². The van der Waals surface area contributed by atoms with Crippen LogP contribution in [-0.2, 0) is 20.9 Å². The van der Waals surface area contributed by atoms with Crippen molar-refractivity contribution in [1.82, 2.24) is 19.8 Å². The van der Waals surface area contributed by atoms with Crippen molar-refractivity contribution in [2.75, 3.05) is 32.5 Å². The van der Waals surface area contributed by atoms with E-state index < -0.39 is 11.9 Å². The molecule has 2 heterocycles. The molecule has 0 radical (unpaired) electrons. The van der Waals surface area contributed by atoms with Gasteiger partial charge in [0, 0.05) is 44.9 Å². The van der Waals surface area contributed by atoms with E-state index in [1.165, 1.54) is 5.56 Å². The third-order valence-corrected chi connectivity index (χ3v) is 5.75. The zero-order valence-corrected chi connectivity index (χ0v) is 20.8. The maximum atomic E-state index is 12.5. The Labute approximate surface area is 210 Å². The lowest BCUT2D eigenvalue weighted by molar-refractivity contribution is -0.135. The number of likely N-dealkylation sites (tertiary alicyclic amines) is 1. The van der Waals surface area contributed by atoms with Gasteiger partial charge in [0.05, 0.1) is 17.1 Å². The molecule has 0 atom stereocenters. The number of aliphatic carboxylic acids is 2. The molecule has 0 saturated carbocycles. The number of rotatable bonds is 8. The van der Waals surface area contributed by atoms with Crippen LogP contribution in [0.2, 0.25) is 0 Å². The third kappa shape index (κ3) is 9.34. The van der Waals surface area contributed by atoms with Crippen molar-refractivity contribution in [3.8, 4) is 6.01 Å². The van der Waals surface area contributed by atoms with E-state index in [0.717, 1.165) is 32.5 Å². The molecular weight excluding hydrogens is 466 g/mol. The van der Waals surface area contributed by atoms with Gasteiger partial charge in [0.2, 0.25) is 0 Å². The summed E-state index contributed by atoms with van der Waals surface area (Å²) in [5, 5.41) is 15.6. The van der Waals surface area contributed by atoms with Gasteiger partial charge in [0.15, 0.2) is 6.61 Å². The van der Waals surface area contributed by atoms with Gasteiger partial charge in [-0.05, 0) is 32.3 Å². The first-order valence-electron chi connectivity index (χ1n) is 11.5. The number of anilines is 1. The lowest BCUT2D eigenvalue weighted by Crippen LogP contribution is -2.46. The van der Waals surface area contributed by atoms with Crippen molar-refractivity contribution in [3.05, 3.63) is 59.4 Å². The summed E-state index contributed by atoms with van der Waals surface area (Å²) in [4.78, 5) is 44.3. The molecule has 1 aromatic heterocycles. The predicted octanol–water partition coefficient (Wildman–Crippen LogP) is 1.89. The van der Waals surface area contributed by atoms with Gasteiger partial charge >= 0.3 is 17.9 Å². The highest BCUT2D eigenvalue weighted by Crippen LogP contribution is 2.19. The largest absolute Gasteiger partial charge is 0.478 e. The average Bonchev–Trinajstić information content (AvgIpc) is 2.85. The quantitative estimate of drug-likeness (QED) is 0.458. The first kappa shape index (κ1) is 28.2. The highest BCUT2D eigenvalue weighted by Gasteiger charge is 2.25. The fraction of sp³-hybridized carbons (Fsp3) is 0.400. The second kappa shape index (κ2) is 13.8. The molecule has 2 aromatic rings. The van der Waals surface area contributed by atoms with E-state index in [0.29, 0.717) is 29.2 Å². The van der Waals surface area contributed by atoms with Crippen molar-refractivity contribution < 1.29 is 29.3 Å². The van der Waals surface area contributed by atoms with Gasteiger partial charge < -0.3 is 25.6 Å². The number of carbonyl (C=O) groups is 3. The molecule has 1 amide bonds. The molecule has 11 nitrogen and oxygen atoms in total. The zero-order valence-electron chi connectivity index (χ0n) is 20.8. The van der Waals surface area contributed by atoms with Crippen molar-refractivity contribution in [2.24, 2.45) is 0 Å². The monoisotopic (exact) mass is 499 g/mol. The minimum Gasteiger partial charge on any atom is -0.478 e. The minimum absolute atomic E-state index is 0.0581. The number of carboxylic acids is 2. The van der Waals surface area contributed by atoms with Crippen molar-refractivity contribution in [3.63, 3.8) is 0 Å². The summed E-state index contributed by atoms with van der Waals surface area (Å²) in [5.41, 5.74) is 9.06. The van der Waals surface area contributed by atoms with E-state index in [4.69, 9.17) is 20.7 Å². The number of nitrogens with two attached hydrogens (primary N) is 1. The molecule has 1 aliphatic heterocycles. The van der Waals surface area contributed by atoms with Gasteiger partial charge in [-0.15, -0.1) is 0 Å². The highest BCUT2D eigenvalue weighted by atomic mass is 16.5. The van der Waals surface area contributed by atoms with Crippen LogP contribution in [0.4, 0.5) is 5.69 Å². The molecular formula is C25H33N5O6. The lowest BCUT2D eigenvalue weighted by Gasteiger charge is -2.36. The topological polar surface area (TPSA) is 159 Å². The summed E-state index contributed by atoms with van der Waals surface area (Å²) < 4.78 is 5.52. The first-order chi connectivity index (χ1) is 17.1. The van der Waals surface area contributed by atoms with Gasteiger partial charge in [-0.25, -0.2) is 9.59 Å². The number of ether oxygens (including phenoxy) is 1. The molecule has 1 aliphatic rings. The molecule has 0 aliphatic carbocycles. The Bertz CT molecular complexity index is 1030. The standard InChI is InChI=1S/C21H29N5O2.C4H4O4/c1-15-20(22)16(2)24-21(23-15)28-14-19(27)25(3)18-9-11-26(12-10-18)13-17-7-5-4-6-8-17;5-3(6)1-2-4(7)8/h4-8,18H,9-14,22H2,1-3H3;1-2H,(H,5,6)(H,7,8). The van der Waals surface area contributed by atoms with Crippen molar-refractivity contribution in [2.45, 2.75) is 39.3 Å². The van der Waals surface area contributed by atoms with Crippen LogP contribution >= 0.6 is 0 Å². The molecule has 3 rings (SSSR count). The van der Waals surface area contributed by atoms with E-state index in [9.17, 15) is 14.4 Å². The van der Waals surface area contributed by atoms with E-state index in [1.807, 2.05) is 13.1 Å². The summed E-state index contributed by atoms with van der Waals surface area (Å²) in [6.45, 7) is 6.46. The number of hydrogen-bond acceptors (Lipinski definition) is 8. The van der Waals surface area contributed by atoms with Gasteiger partial charge in [-0.3, -0.25) is 9.69 Å². The summed E-state index contributed by atoms with van der Waals surface area (Å²) >= 11 is 0. The molecule has 0 bridgehead atoms.